The van der Waals surface area contributed by atoms with E-state index in [1.807, 2.05) is 24.3 Å². The Kier molecular flexibility index (Phi) is 4.54. The van der Waals surface area contributed by atoms with Crippen LogP contribution in [0.1, 0.15) is 50.2 Å². The normalized spacial score (nSPS) is 23.5. The summed E-state index contributed by atoms with van der Waals surface area (Å²) in [6, 6.07) is 13.1. The van der Waals surface area contributed by atoms with Crippen molar-refractivity contribution in [1.82, 2.24) is 0 Å². The molecule has 0 saturated heterocycles. The van der Waals surface area contributed by atoms with Gasteiger partial charge in [-0.25, -0.2) is 0 Å². The van der Waals surface area contributed by atoms with Crippen LogP contribution in [0.4, 0.5) is 0 Å². The summed E-state index contributed by atoms with van der Waals surface area (Å²) < 4.78 is 0. The molecule has 1 aliphatic rings. The van der Waals surface area contributed by atoms with Crippen LogP contribution >= 0.6 is 11.6 Å². The van der Waals surface area contributed by atoms with Crippen molar-refractivity contribution in [1.29, 1.82) is 0 Å². The third-order valence-corrected chi connectivity index (χ3v) is 5.46. The number of phenols is 2. The van der Waals surface area contributed by atoms with E-state index in [0.29, 0.717) is 5.02 Å². The van der Waals surface area contributed by atoms with Gasteiger partial charge in [0.2, 0.25) is 0 Å². The topological polar surface area (TPSA) is 40.5 Å². The molecule has 0 aromatic heterocycles. The number of rotatable bonds is 5. The van der Waals surface area contributed by atoms with Crippen molar-refractivity contribution in [3.63, 3.8) is 0 Å². The zero-order valence-electron chi connectivity index (χ0n) is 13.4. The van der Waals surface area contributed by atoms with E-state index in [0.717, 1.165) is 24.3 Å². The Balaban J connectivity index is 1.94. The minimum absolute atomic E-state index is 0.0521. The van der Waals surface area contributed by atoms with E-state index < -0.39 is 0 Å². The van der Waals surface area contributed by atoms with Gasteiger partial charge in [-0.2, -0.15) is 0 Å². The molecule has 0 aliphatic heterocycles. The van der Waals surface area contributed by atoms with Crippen LogP contribution < -0.4 is 0 Å². The van der Waals surface area contributed by atoms with Gasteiger partial charge in [-0.3, -0.25) is 0 Å². The van der Waals surface area contributed by atoms with Crippen LogP contribution in [0.2, 0.25) is 5.02 Å². The number of phenolic OH excluding ortho intramolecular Hbond substituents is 2. The lowest BCUT2D eigenvalue weighted by molar-refractivity contribution is 0.168. The summed E-state index contributed by atoms with van der Waals surface area (Å²) in [5, 5.41) is 19.7. The highest BCUT2D eigenvalue weighted by Gasteiger charge is 2.46. The quantitative estimate of drug-likeness (QED) is 0.745. The molecule has 2 aromatic rings. The van der Waals surface area contributed by atoms with Crippen LogP contribution in [0.5, 0.6) is 11.5 Å². The second-order valence-corrected chi connectivity index (χ2v) is 7.12. The third kappa shape index (κ3) is 3.05. The van der Waals surface area contributed by atoms with Crippen LogP contribution in [-0.4, -0.2) is 10.2 Å². The fourth-order valence-corrected chi connectivity index (χ4v) is 4.03. The average molecular weight is 331 g/mol. The molecule has 0 radical (unpaired) electrons. The van der Waals surface area contributed by atoms with Crippen LogP contribution in [0, 0.1) is 5.92 Å². The third-order valence-electron chi connectivity index (χ3n) is 5.16. The molecule has 0 heterocycles. The molecule has 3 rings (SSSR count). The first-order chi connectivity index (χ1) is 11.0. The Labute approximate surface area is 142 Å². The summed E-state index contributed by atoms with van der Waals surface area (Å²) >= 11 is 6.14. The maximum absolute atomic E-state index is 9.71. The number of aromatic hydroxyl groups is 2. The molecule has 1 aliphatic carbocycles. The van der Waals surface area contributed by atoms with E-state index >= 15 is 0 Å². The summed E-state index contributed by atoms with van der Waals surface area (Å²) in [5.41, 5.74) is 2.31. The van der Waals surface area contributed by atoms with E-state index in [1.165, 1.54) is 24.8 Å². The number of benzene rings is 2. The number of hydrogen-bond donors (Lipinski definition) is 2. The first-order valence-corrected chi connectivity index (χ1v) is 8.71. The first kappa shape index (κ1) is 16.2. The van der Waals surface area contributed by atoms with Crippen molar-refractivity contribution in [2.45, 2.75) is 44.4 Å². The van der Waals surface area contributed by atoms with Crippen molar-refractivity contribution in [3.8, 4) is 11.5 Å². The highest BCUT2D eigenvalue weighted by molar-refractivity contribution is 6.32. The number of unbranched alkanes of at least 4 members (excludes halogenated alkanes) is 1. The van der Waals surface area contributed by atoms with Gasteiger partial charge in [0, 0.05) is 5.41 Å². The molecule has 3 heteroatoms. The van der Waals surface area contributed by atoms with Crippen molar-refractivity contribution >= 4 is 11.6 Å². The zero-order valence-corrected chi connectivity index (χ0v) is 14.2. The maximum Gasteiger partial charge on any atom is 0.134 e. The Bertz CT molecular complexity index is 673. The standard InChI is InChI=1S/C20H23ClO2/c1-2-3-4-14-12-20(13-14,15-5-8-17(22)9-6-15)16-7-10-19(23)18(21)11-16/h5-11,14,22-23H,2-4,12-13H2,1H3. The Morgan fingerprint density at radius 3 is 2.30 bits per heavy atom. The molecule has 23 heavy (non-hydrogen) atoms. The molecule has 0 atom stereocenters. The van der Waals surface area contributed by atoms with Gasteiger partial charge >= 0.3 is 0 Å². The number of halogens is 1. The first-order valence-electron chi connectivity index (χ1n) is 8.33. The predicted octanol–water partition coefficient (Wildman–Crippen LogP) is 5.64. The Morgan fingerprint density at radius 1 is 1.04 bits per heavy atom. The SMILES string of the molecule is CCCCC1CC(c2ccc(O)cc2)(c2ccc(O)c(Cl)c2)C1. The lowest BCUT2D eigenvalue weighted by Crippen LogP contribution is -2.42. The van der Waals surface area contributed by atoms with Crippen LogP contribution in [0.25, 0.3) is 0 Å². The van der Waals surface area contributed by atoms with Gasteiger partial charge in [0.1, 0.15) is 11.5 Å². The minimum atomic E-state index is -0.0521. The summed E-state index contributed by atoms with van der Waals surface area (Å²) in [4.78, 5) is 0. The van der Waals surface area contributed by atoms with E-state index in [-0.39, 0.29) is 16.9 Å². The van der Waals surface area contributed by atoms with Gasteiger partial charge < -0.3 is 10.2 Å². The maximum atomic E-state index is 9.71. The van der Waals surface area contributed by atoms with Gasteiger partial charge in [0.05, 0.1) is 5.02 Å². The van der Waals surface area contributed by atoms with Crippen molar-refractivity contribution < 1.29 is 10.2 Å². The van der Waals surface area contributed by atoms with E-state index in [9.17, 15) is 10.2 Å². The summed E-state index contributed by atoms with van der Waals surface area (Å²) in [7, 11) is 0. The van der Waals surface area contributed by atoms with Gasteiger partial charge in [-0.15, -0.1) is 0 Å². The van der Waals surface area contributed by atoms with Crippen LogP contribution in [-0.2, 0) is 5.41 Å². The summed E-state index contributed by atoms with van der Waals surface area (Å²) in [5.74, 6) is 1.14. The van der Waals surface area contributed by atoms with Crippen molar-refractivity contribution in [2.75, 3.05) is 0 Å². The van der Waals surface area contributed by atoms with Crippen LogP contribution in [0.3, 0.4) is 0 Å². The Morgan fingerprint density at radius 2 is 1.70 bits per heavy atom. The molecule has 0 bridgehead atoms. The molecule has 2 N–H and O–H groups in total. The van der Waals surface area contributed by atoms with Gasteiger partial charge in [0.25, 0.3) is 0 Å². The molecule has 1 fully saturated rings. The smallest absolute Gasteiger partial charge is 0.134 e. The minimum Gasteiger partial charge on any atom is -0.508 e. The van der Waals surface area contributed by atoms with E-state index in [4.69, 9.17) is 11.6 Å². The van der Waals surface area contributed by atoms with Crippen molar-refractivity contribution in [3.05, 3.63) is 58.6 Å². The predicted molar refractivity (Wildman–Crippen MR) is 94.3 cm³/mol. The lowest BCUT2D eigenvalue weighted by Gasteiger charge is -2.49. The molecule has 1 saturated carbocycles. The molecular formula is C20H23ClO2. The molecule has 122 valence electrons. The fourth-order valence-electron chi connectivity index (χ4n) is 3.85. The molecule has 0 spiro atoms. The fraction of sp³-hybridized carbons (Fsp3) is 0.400. The summed E-state index contributed by atoms with van der Waals surface area (Å²) in [6.07, 6.45) is 5.96. The highest BCUT2D eigenvalue weighted by Crippen LogP contribution is 2.54. The molecule has 2 aromatic carbocycles. The lowest BCUT2D eigenvalue weighted by atomic mass is 9.54. The molecule has 0 unspecified atom stereocenters. The second-order valence-electron chi connectivity index (χ2n) is 6.71. The van der Waals surface area contributed by atoms with Gasteiger partial charge in [-0.1, -0.05) is 56.0 Å². The second kappa shape index (κ2) is 6.45. The number of hydrogen-bond acceptors (Lipinski definition) is 2. The molecule has 2 nitrogen and oxygen atoms in total. The average Bonchev–Trinajstić information content (AvgIpc) is 2.51. The van der Waals surface area contributed by atoms with Crippen LogP contribution in [0.15, 0.2) is 42.5 Å². The Hall–Kier alpha value is -1.67. The highest BCUT2D eigenvalue weighted by atomic mass is 35.5. The van der Waals surface area contributed by atoms with E-state index in [2.05, 4.69) is 6.92 Å². The van der Waals surface area contributed by atoms with Gasteiger partial charge in [0.15, 0.2) is 0 Å². The molecule has 0 amide bonds. The summed E-state index contributed by atoms with van der Waals surface area (Å²) in [6.45, 7) is 2.23. The van der Waals surface area contributed by atoms with E-state index in [1.54, 1.807) is 18.2 Å². The zero-order chi connectivity index (χ0) is 16.4. The largest absolute Gasteiger partial charge is 0.508 e. The monoisotopic (exact) mass is 330 g/mol. The van der Waals surface area contributed by atoms with Gasteiger partial charge in [-0.05, 0) is 54.2 Å². The molecular weight excluding hydrogens is 308 g/mol. The van der Waals surface area contributed by atoms with Crippen molar-refractivity contribution in [2.24, 2.45) is 5.92 Å².